The molecular formula is C23H26ClN3O3S. The number of thiophene rings is 1. The van der Waals surface area contributed by atoms with Crippen molar-refractivity contribution in [3.63, 3.8) is 0 Å². The Balaban J connectivity index is 1.58. The van der Waals surface area contributed by atoms with Crippen LogP contribution in [0.1, 0.15) is 42.2 Å². The van der Waals surface area contributed by atoms with E-state index < -0.39 is 0 Å². The Kier molecular flexibility index (Phi) is 7.05. The maximum absolute atomic E-state index is 13.4. The van der Waals surface area contributed by atoms with Crippen molar-refractivity contribution in [2.45, 2.75) is 31.7 Å². The number of rotatable bonds is 8. The summed E-state index contributed by atoms with van der Waals surface area (Å²) >= 11 is 8.07. The van der Waals surface area contributed by atoms with E-state index in [0.717, 1.165) is 35.4 Å². The predicted molar refractivity (Wildman–Crippen MR) is 122 cm³/mol. The fourth-order valence-corrected chi connectivity index (χ4v) is 4.92. The summed E-state index contributed by atoms with van der Waals surface area (Å²) in [5.74, 6) is -0.152. The average Bonchev–Trinajstić information content (AvgIpc) is 3.39. The van der Waals surface area contributed by atoms with E-state index in [1.807, 2.05) is 41.8 Å². The lowest BCUT2D eigenvalue weighted by molar-refractivity contribution is -0.146. The number of ether oxygens (including phenoxy) is 1. The summed E-state index contributed by atoms with van der Waals surface area (Å²) in [5.41, 5.74) is 1.73. The van der Waals surface area contributed by atoms with Crippen LogP contribution >= 0.6 is 22.9 Å². The normalized spacial score (nSPS) is 18.6. The van der Waals surface area contributed by atoms with Gasteiger partial charge in [0.2, 0.25) is 5.91 Å². The van der Waals surface area contributed by atoms with Crippen molar-refractivity contribution in [1.29, 1.82) is 0 Å². The van der Waals surface area contributed by atoms with E-state index in [2.05, 4.69) is 5.10 Å². The van der Waals surface area contributed by atoms with Gasteiger partial charge in [-0.1, -0.05) is 42.3 Å². The number of hydrazone groups is 1. The van der Waals surface area contributed by atoms with Gasteiger partial charge in [0.15, 0.2) is 0 Å². The molecule has 1 atom stereocenters. The molecule has 2 amide bonds. The lowest BCUT2D eigenvalue weighted by Gasteiger charge is -2.32. The summed E-state index contributed by atoms with van der Waals surface area (Å²) < 4.78 is 5.17. The van der Waals surface area contributed by atoms with E-state index >= 15 is 0 Å². The number of methoxy groups -OCH3 is 1. The smallest absolute Gasteiger partial charge is 0.262 e. The molecule has 1 aromatic heterocycles. The second-order valence-corrected chi connectivity index (χ2v) is 9.24. The predicted octanol–water partition coefficient (Wildman–Crippen LogP) is 4.35. The maximum atomic E-state index is 13.4. The van der Waals surface area contributed by atoms with Crippen LogP contribution in [-0.2, 0) is 14.3 Å². The SMILES string of the molecule is COCCN(CC(=O)N1N=C(c2cccs2)C[C@H]1c1ccccc1Cl)C(=O)C1CCC1. The summed E-state index contributed by atoms with van der Waals surface area (Å²) in [6, 6.07) is 11.2. The quantitative estimate of drug-likeness (QED) is 0.589. The monoisotopic (exact) mass is 459 g/mol. The first-order valence-corrected chi connectivity index (χ1v) is 11.8. The zero-order valence-electron chi connectivity index (χ0n) is 17.5. The zero-order chi connectivity index (χ0) is 21.8. The Bertz CT molecular complexity index is 959. The first-order chi connectivity index (χ1) is 15.1. The molecule has 2 aromatic rings. The molecule has 1 saturated carbocycles. The number of hydrogen-bond donors (Lipinski definition) is 0. The second-order valence-electron chi connectivity index (χ2n) is 7.88. The van der Waals surface area contributed by atoms with Crippen molar-refractivity contribution in [3.8, 4) is 0 Å². The first-order valence-electron chi connectivity index (χ1n) is 10.5. The molecule has 1 fully saturated rings. The second kappa shape index (κ2) is 9.94. The highest BCUT2D eigenvalue weighted by Crippen LogP contribution is 2.37. The van der Waals surface area contributed by atoms with Gasteiger partial charge in [-0.25, -0.2) is 5.01 Å². The van der Waals surface area contributed by atoms with Gasteiger partial charge < -0.3 is 9.64 Å². The van der Waals surface area contributed by atoms with Crippen molar-refractivity contribution < 1.29 is 14.3 Å². The molecule has 31 heavy (non-hydrogen) atoms. The van der Waals surface area contributed by atoms with Crippen molar-refractivity contribution >= 4 is 40.5 Å². The molecule has 4 rings (SSSR count). The van der Waals surface area contributed by atoms with Crippen LogP contribution in [0.3, 0.4) is 0 Å². The Hall–Kier alpha value is -2.22. The number of carbonyl (C=O) groups is 2. The molecule has 2 aliphatic rings. The number of halogens is 1. The summed E-state index contributed by atoms with van der Waals surface area (Å²) in [4.78, 5) is 28.9. The van der Waals surface area contributed by atoms with Crippen LogP contribution in [0.2, 0.25) is 5.02 Å². The Morgan fingerprint density at radius 3 is 2.71 bits per heavy atom. The van der Waals surface area contributed by atoms with Crippen LogP contribution < -0.4 is 0 Å². The van der Waals surface area contributed by atoms with Gasteiger partial charge >= 0.3 is 0 Å². The van der Waals surface area contributed by atoms with E-state index in [9.17, 15) is 9.59 Å². The average molecular weight is 460 g/mol. The molecule has 0 bridgehead atoms. The van der Waals surface area contributed by atoms with E-state index in [1.165, 1.54) is 5.01 Å². The Morgan fingerprint density at radius 2 is 2.06 bits per heavy atom. The molecular weight excluding hydrogens is 434 g/mol. The molecule has 0 spiro atoms. The van der Waals surface area contributed by atoms with Crippen molar-refractivity contribution in [2.75, 3.05) is 26.8 Å². The molecule has 1 aliphatic carbocycles. The molecule has 0 unspecified atom stereocenters. The van der Waals surface area contributed by atoms with Crippen LogP contribution in [0.15, 0.2) is 46.9 Å². The maximum Gasteiger partial charge on any atom is 0.262 e. The molecule has 164 valence electrons. The number of benzene rings is 1. The summed E-state index contributed by atoms with van der Waals surface area (Å²) in [6.45, 7) is 0.772. The van der Waals surface area contributed by atoms with Gasteiger partial charge in [-0.15, -0.1) is 11.3 Å². The molecule has 0 N–H and O–H groups in total. The molecule has 1 aliphatic heterocycles. The van der Waals surface area contributed by atoms with Crippen LogP contribution in [-0.4, -0.2) is 54.2 Å². The van der Waals surface area contributed by atoms with Gasteiger partial charge in [0.05, 0.1) is 23.2 Å². The fourth-order valence-electron chi connectivity index (χ4n) is 3.94. The third kappa shape index (κ3) is 4.84. The van der Waals surface area contributed by atoms with Gasteiger partial charge in [0.25, 0.3) is 5.91 Å². The van der Waals surface area contributed by atoms with Crippen molar-refractivity contribution in [3.05, 3.63) is 57.2 Å². The van der Waals surface area contributed by atoms with Gasteiger partial charge in [-0.2, -0.15) is 5.10 Å². The summed E-state index contributed by atoms with van der Waals surface area (Å²) in [6.07, 6.45) is 3.44. The lowest BCUT2D eigenvalue weighted by Crippen LogP contribution is -2.46. The fraction of sp³-hybridized carbons (Fsp3) is 0.435. The molecule has 0 radical (unpaired) electrons. The first kappa shape index (κ1) is 22.0. The highest BCUT2D eigenvalue weighted by atomic mass is 35.5. The topological polar surface area (TPSA) is 62.2 Å². The third-order valence-corrected chi connectivity index (χ3v) is 7.16. The number of amides is 2. The van der Waals surface area contributed by atoms with Gasteiger partial charge in [0.1, 0.15) is 6.54 Å². The molecule has 0 saturated heterocycles. The summed E-state index contributed by atoms with van der Waals surface area (Å²) in [7, 11) is 1.60. The minimum atomic E-state index is -0.290. The van der Waals surface area contributed by atoms with E-state index in [-0.39, 0.29) is 30.3 Å². The zero-order valence-corrected chi connectivity index (χ0v) is 19.1. The Morgan fingerprint density at radius 1 is 1.26 bits per heavy atom. The summed E-state index contributed by atoms with van der Waals surface area (Å²) in [5, 5.41) is 8.80. The van der Waals surface area contributed by atoms with Crippen LogP contribution in [0.25, 0.3) is 0 Å². The Labute approximate surface area is 191 Å². The van der Waals surface area contributed by atoms with Crippen molar-refractivity contribution in [1.82, 2.24) is 9.91 Å². The number of nitrogens with zero attached hydrogens (tertiary/aromatic N) is 3. The van der Waals surface area contributed by atoms with Crippen LogP contribution in [0, 0.1) is 5.92 Å². The van der Waals surface area contributed by atoms with E-state index in [4.69, 9.17) is 16.3 Å². The molecule has 2 heterocycles. The number of carbonyl (C=O) groups excluding carboxylic acids is 2. The molecule has 1 aromatic carbocycles. The molecule has 8 heteroatoms. The highest BCUT2D eigenvalue weighted by Gasteiger charge is 2.37. The standard InChI is InChI=1S/C23H26ClN3O3S/c1-30-12-11-26(23(29)16-6-4-7-16)15-22(28)27-20(17-8-2-3-9-18(17)24)14-19(25-27)21-10-5-13-31-21/h2-3,5,8-10,13,16,20H,4,6-7,11-12,14-15H2,1H3/t20-/m0/s1. The third-order valence-electron chi connectivity index (χ3n) is 5.89. The van der Waals surface area contributed by atoms with E-state index in [1.54, 1.807) is 23.3 Å². The van der Waals surface area contributed by atoms with Crippen molar-refractivity contribution in [2.24, 2.45) is 11.0 Å². The van der Waals surface area contributed by atoms with Gasteiger partial charge in [0, 0.05) is 31.0 Å². The highest BCUT2D eigenvalue weighted by molar-refractivity contribution is 7.12. The lowest BCUT2D eigenvalue weighted by atomic mass is 9.84. The van der Waals surface area contributed by atoms with Gasteiger partial charge in [-0.3, -0.25) is 9.59 Å². The minimum absolute atomic E-state index is 0.0130. The molecule has 6 nitrogen and oxygen atoms in total. The van der Waals surface area contributed by atoms with Crippen LogP contribution in [0.5, 0.6) is 0 Å². The van der Waals surface area contributed by atoms with E-state index in [0.29, 0.717) is 24.6 Å². The minimum Gasteiger partial charge on any atom is -0.383 e. The van der Waals surface area contributed by atoms with Crippen LogP contribution in [0.4, 0.5) is 0 Å². The number of hydrogen-bond acceptors (Lipinski definition) is 5. The van der Waals surface area contributed by atoms with Gasteiger partial charge in [-0.05, 0) is 35.9 Å². The largest absolute Gasteiger partial charge is 0.383 e.